The number of rotatable bonds is 14. The number of alkyl halides is 1. The molecule has 5 atom stereocenters. The van der Waals surface area contributed by atoms with Crippen LogP contribution in [0.1, 0.15) is 55.3 Å². The number of furan rings is 2. The number of nitrogens with one attached hydrogen (secondary N) is 2. The average molecular weight is 1370 g/mol. The Balaban J connectivity index is 0.000000141. The van der Waals surface area contributed by atoms with Gasteiger partial charge in [0.1, 0.15) is 29.2 Å². The van der Waals surface area contributed by atoms with E-state index >= 15 is 0 Å². The van der Waals surface area contributed by atoms with Crippen molar-refractivity contribution in [1.82, 2.24) is 49.3 Å². The number of aryl methyl sites for hydroxylation is 1. The summed E-state index contributed by atoms with van der Waals surface area (Å²) in [6, 6.07) is 11.8. The van der Waals surface area contributed by atoms with Crippen molar-refractivity contribution in [3.05, 3.63) is 114 Å². The standard InChI is InChI=1S/C23H26N6O3.C13H17IN3O3.C11H14ClN3O2.C6H2Cl2N2O.C5H11NO/c1-14-9-17(10-19(31-3)15(14)2)28-11-20(24-13-28)26-23-25-18-6-8-32-21(18)22(27-23)29-7-4-5-16(29)12-30;1-18-11-4-10(5-12(19-2)13(11)20-3)17-7-9(6-14-15)16-8-17;12-11-13-8-3-5-17-9(8)10(14-11)15-4-1-2-7(15)6-16;7-5-4-3(1-2-11-4)9-6(8)10-5;7-4-5-2-1-3-6-5/h6,8-11,13,16,30H,4-5,7,12H2,1-3H3,(H,25,26,27);4-5,7-8H,6,15H2,1-3H3;3,5,7-9,16H,1-2,4,6H2;1-2H;5-7H,1-4H2/q;-1;;;/t16-;;7-,8?,9?;;5-/m0.0.0/s1. The molecule has 0 bridgehead atoms. The third-order valence-electron chi connectivity index (χ3n) is 14.9. The number of aromatic nitrogens is 8. The summed E-state index contributed by atoms with van der Waals surface area (Å²) in [5.41, 5.74) is 7.54. The van der Waals surface area contributed by atoms with Crippen LogP contribution in [0, 0.1) is 13.8 Å². The second-order valence-corrected chi connectivity index (χ2v) is 23.0. The molecular weight excluding hydrogens is 1300 g/mol. The summed E-state index contributed by atoms with van der Waals surface area (Å²) >= 11 is 16.8. The van der Waals surface area contributed by atoms with E-state index < -0.39 is 0 Å². The van der Waals surface area contributed by atoms with E-state index in [0.29, 0.717) is 69.7 Å². The van der Waals surface area contributed by atoms with Crippen molar-refractivity contribution in [3.8, 4) is 34.4 Å². The van der Waals surface area contributed by atoms with Crippen LogP contribution < -0.4 is 59.9 Å². The van der Waals surface area contributed by atoms with Crippen LogP contribution in [0.3, 0.4) is 0 Å². The van der Waals surface area contributed by atoms with Gasteiger partial charge in [-0.3, -0.25) is 0 Å². The van der Waals surface area contributed by atoms with Gasteiger partial charge in [-0.05, 0) is 105 Å². The molecule has 2 unspecified atom stereocenters. The van der Waals surface area contributed by atoms with Gasteiger partial charge in [-0.1, -0.05) is 11.6 Å². The molecule has 25 nitrogen and oxygen atoms in total. The van der Waals surface area contributed by atoms with E-state index in [9.17, 15) is 10.2 Å². The summed E-state index contributed by atoms with van der Waals surface area (Å²) in [6.07, 6.45) is 20.1. The molecule has 5 aliphatic heterocycles. The Labute approximate surface area is 528 Å². The number of amidine groups is 2. The fraction of sp³-hybridized carbons (Fsp3) is 0.414. The number of aliphatic hydroxyl groups excluding tert-OH is 3. The van der Waals surface area contributed by atoms with Gasteiger partial charge in [-0.15, -0.1) is 0 Å². The topological polar surface area (TPSA) is 302 Å². The van der Waals surface area contributed by atoms with Gasteiger partial charge in [-0.2, -0.15) is 4.98 Å². The normalized spacial score (nSPS) is 19.2. The molecule has 0 saturated carbocycles. The minimum Gasteiger partial charge on any atom is -0.496 e. The number of aliphatic imine (C=N–C) groups is 2. The summed E-state index contributed by atoms with van der Waals surface area (Å²) in [6.45, 7) is 7.43. The van der Waals surface area contributed by atoms with E-state index in [-0.39, 0.29) is 74.7 Å². The molecule has 3 saturated heterocycles. The van der Waals surface area contributed by atoms with Crippen LogP contribution in [-0.4, -0.2) is 169 Å². The quantitative estimate of drug-likeness (QED) is 0.0206. The molecule has 0 radical (unpaired) electrons. The van der Waals surface area contributed by atoms with Crippen molar-refractivity contribution in [1.29, 1.82) is 0 Å². The number of hydrogen-bond donors (Lipinski definition) is 6. The summed E-state index contributed by atoms with van der Waals surface area (Å²) in [4.78, 5) is 38.4. The minimum absolute atomic E-state index is 0.0324. The largest absolute Gasteiger partial charge is 0.496 e. The molecule has 29 heteroatoms. The van der Waals surface area contributed by atoms with Crippen LogP contribution in [0.5, 0.6) is 23.0 Å². The molecule has 8 aromatic rings. The fourth-order valence-electron chi connectivity index (χ4n) is 10.4. The zero-order chi connectivity index (χ0) is 61.6. The summed E-state index contributed by atoms with van der Waals surface area (Å²) in [5, 5.41) is 34.6. The van der Waals surface area contributed by atoms with Crippen LogP contribution in [-0.2, 0) is 9.16 Å². The third-order valence-corrected chi connectivity index (χ3v) is 16.7. The Morgan fingerprint density at radius 1 is 0.747 bits per heavy atom. The number of ether oxygens (including phenoxy) is 5. The van der Waals surface area contributed by atoms with Crippen LogP contribution >= 0.6 is 34.8 Å². The number of nitrogens with zero attached hydrogens (tertiary/aromatic N) is 12. The van der Waals surface area contributed by atoms with Crippen LogP contribution in [0.4, 0.5) is 17.6 Å². The Morgan fingerprint density at radius 3 is 2.06 bits per heavy atom. The van der Waals surface area contributed by atoms with Gasteiger partial charge in [-0.25, -0.2) is 29.9 Å². The molecule has 466 valence electrons. The molecule has 0 spiro atoms. The van der Waals surface area contributed by atoms with Crippen LogP contribution in [0.15, 0.2) is 105 Å². The first-order valence-electron chi connectivity index (χ1n) is 27.9. The second-order valence-electron chi connectivity index (χ2n) is 20.3. The van der Waals surface area contributed by atoms with Gasteiger partial charge >= 0.3 is 128 Å². The summed E-state index contributed by atoms with van der Waals surface area (Å²) in [5.74, 6) is 5.19. The molecular formula is C58H70Cl3IN15O10-. The maximum atomic E-state index is 9.76. The first-order chi connectivity index (χ1) is 42.3. The van der Waals surface area contributed by atoms with Gasteiger partial charge in [0, 0.05) is 37.3 Å². The monoisotopic (exact) mass is 1370 g/mol. The number of nitrogens with two attached hydrogens (primary N) is 1. The number of halogens is 4. The van der Waals surface area contributed by atoms with E-state index in [0.717, 1.165) is 95.9 Å². The predicted molar refractivity (Wildman–Crippen MR) is 329 cm³/mol. The van der Waals surface area contributed by atoms with Gasteiger partial charge in [0.15, 0.2) is 39.9 Å². The Morgan fingerprint density at radius 2 is 1.40 bits per heavy atom. The third kappa shape index (κ3) is 15.6. The molecule has 3 fully saturated rings. The van der Waals surface area contributed by atoms with Crippen molar-refractivity contribution in [2.45, 2.75) is 87.1 Å². The van der Waals surface area contributed by atoms with Gasteiger partial charge in [0.25, 0.3) is 0 Å². The molecule has 13 rings (SSSR count). The summed E-state index contributed by atoms with van der Waals surface area (Å²) in [7, 11) is 6.45. The Bertz CT molecular complexity index is 3640. The minimum atomic E-state index is -0.300. The SMILES string of the molecule is COc1cc(-n2cnc(C[I-]N)c2)cc(OC)c1OC.COc1cc(-n2cnc(Nc3nc(N4CCC[C@H]4CO)c4occc4n3)c2)cc(C)c1C.Clc1nc(Cl)c2occc2n1.OC[C@@H]1CCCN1.OC[C@@H]1CCCN1C1=NC(Cl)=NC2C=COC12. The van der Waals surface area contributed by atoms with Crippen molar-refractivity contribution in [3.63, 3.8) is 0 Å². The van der Waals surface area contributed by atoms with E-state index in [2.05, 4.69) is 68.3 Å². The first-order valence-corrected chi connectivity index (χ1v) is 31.8. The zero-order valence-electron chi connectivity index (χ0n) is 48.8. The molecule has 5 aliphatic rings. The molecule has 11 heterocycles. The number of methoxy groups -OCH3 is 4. The number of hydrogen-bond acceptors (Lipinski definition) is 23. The zero-order valence-corrected chi connectivity index (χ0v) is 53.2. The van der Waals surface area contributed by atoms with Gasteiger partial charge < -0.3 is 58.6 Å². The number of benzene rings is 2. The number of anilines is 3. The smallest absolute Gasteiger partial charge is 0.231 e. The van der Waals surface area contributed by atoms with E-state index in [4.69, 9.17) is 81.4 Å². The molecule has 2 aromatic carbocycles. The predicted octanol–water partition coefficient (Wildman–Crippen LogP) is 5.09. The molecule has 87 heavy (non-hydrogen) atoms. The molecule has 0 amide bonds. The maximum absolute atomic E-state index is 9.76. The van der Waals surface area contributed by atoms with Crippen molar-refractivity contribution in [2.75, 3.05) is 78.1 Å². The van der Waals surface area contributed by atoms with E-state index in [1.807, 2.05) is 58.8 Å². The maximum Gasteiger partial charge on any atom is 0.231 e. The second kappa shape index (κ2) is 30.7. The number of fused-ring (bicyclic) bond motifs is 3. The van der Waals surface area contributed by atoms with Crippen LogP contribution in [0.2, 0.25) is 10.4 Å². The molecule has 6 aromatic heterocycles. The number of aliphatic hydroxyl groups is 3. The van der Waals surface area contributed by atoms with Crippen molar-refractivity contribution in [2.24, 2.45) is 13.9 Å². The van der Waals surface area contributed by atoms with Gasteiger partial charge in [0.2, 0.25) is 16.5 Å². The summed E-state index contributed by atoms with van der Waals surface area (Å²) < 4.78 is 48.0. The fourth-order valence-corrected chi connectivity index (χ4v) is 11.9. The Kier molecular flexibility index (Phi) is 22.8. The van der Waals surface area contributed by atoms with Crippen LogP contribution in [0.25, 0.3) is 33.6 Å². The number of imidazole rings is 2. The Hall–Kier alpha value is -7.02. The van der Waals surface area contributed by atoms with Gasteiger partial charge in [0.05, 0.1) is 69.7 Å². The average Bonchev–Trinajstić information content (AvgIpc) is 2.30. The molecule has 0 aliphatic carbocycles. The molecule has 7 N–H and O–H groups in total. The van der Waals surface area contributed by atoms with Crippen molar-refractivity contribution >= 4 is 85.7 Å². The first kappa shape index (κ1) is 64.5. The van der Waals surface area contributed by atoms with E-state index in [1.165, 1.54) is 12.7 Å². The van der Waals surface area contributed by atoms with E-state index in [1.54, 1.807) is 59.7 Å². The number of likely N-dealkylation sites (tertiary alicyclic amines) is 1. The van der Waals surface area contributed by atoms with Crippen molar-refractivity contribution < 1.29 is 69.3 Å².